The average Bonchev–Trinajstić information content (AvgIpc) is 2.62. The number of hydrogen-bond donors (Lipinski definition) is 1. The number of nitrogens with one attached hydrogen (secondary N) is 1. The molecule has 0 unspecified atom stereocenters. The lowest BCUT2D eigenvalue weighted by molar-refractivity contribution is -0.114. The van der Waals surface area contributed by atoms with Crippen LogP contribution < -0.4 is 5.32 Å². The Morgan fingerprint density at radius 2 is 1.73 bits per heavy atom. The molecule has 1 fully saturated rings. The molecule has 6 heteroatoms. The van der Waals surface area contributed by atoms with Crippen LogP contribution in [0.15, 0.2) is 48.5 Å². The van der Waals surface area contributed by atoms with E-state index in [1.54, 1.807) is 24.3 Å². The van der Waals surface area contributed by atoms with Crippen LogP contribution in [-0.4, -0.2) is 47.8 Å². The van der Waals surface area contributed by atoms with Crippen molar-refractivity contribution in [3.05, 3.63) is 64.7 Å². The maximum absolute atomic E-state index is 12.6. The average molecular weight is 372 g/mol. The van der Waals surface area contributed by atoms with Gasteiger partial charge in [-0.3, -0.25) is 14.5 Å². The summed E-state index contributed by atoms with van der Waals surface area (Å²) in [5.74, 6) is -0.0957. The van der Waals surface area contributed by atoms with Gasteiger partial charge in [-0.1, -0.05) is 23.7 Å². The number of rotatable bonds is 4. The van der Waals surface area contributed by atoms with Gasteiger partial charge in [0.05, 0.1) is 0 Å². The van der Waals surface area contributed by atoms with Gasteiger partial charge in [-0.05, 0) is 42.0 Å². The van der Waals surface area contributed by atoms with Crippen LogP contribution in [0.4, 0.5) is 5.69 Å². The zero-order chi connectivity index (χ0) is 18.5. The van der Waals surface area contributed by atoms with Crippen LogP contribution in [0.2, 0.25) is 5.02 Å². The van der Waals surface area contributed by atoms with E-state index in [2.05, 4.69) is 16.3 Å². The van der Waals surface area contributed by atoms with Crippen molar-refractivity contribution in [1.82, 2.24) is 9.80 Å². The van der Waals surface area contributed by atoms with Crippen molar-refractivity contribution in [3.8, 4) is 0 Å². The number of halogens is 1. The van der Waals surface area contributed by atoms with E-state index < -0.39 is 0 Å². The molecule has 5 nitrogen and oxygen atoms in total. The van der Waals surface area contributed by atoms with E-state index in [4.69, 9.17) is 11.6 Å². The maximum atomic E-state index is 12.6. The first-order valence-electron chi connectivity index (χ1n) is 8.65. The monoisotopic (exact) mass is 371 g/mol. The fourth-order valence-electron chi connectivity index (χ4n) is 3.08. The van der Waals surface area contributed by atoms with Crippen LogP contribution in [0.3, 0.4) is 0 Å². The zero-order valence-electron chi connectivity index (χ0n) is 14.7. The van der Waals surface area contributed by atoms with Gasteiger partial charge in [-0.25, -0.2) is 0 Å². The molecule has 2 amide bonds. The summed E-state index contributed by atoms with van der Waals surface area (Å²) in [4.78, 5) is 27.9. The number of carbonyl (C=O) groups is 2. The molecule has 0 aliphatic carbocycles. The number of amides is 2. The molecule has 0 radical (unpaired) electrons. The largest absolute Gasteiger partial charge is 0.336 e. The summed E-state index contributed by atoms with van der Waals surface area (Å²) in [5, 5.41) is 3.45. The topological polar surface area (TPSA) is 52.7 Å². The molecule has 1 aliphatic heterocycles. The predicted octanol–water partition coefficient (Wildman–Crippen LogP) is 3.26. The number of piperazine rings is 1. The Kier molecular flexibility index (Phi) is 5.91. The number of hydrogen-bond acceptors (Lipinski definition) is 3. The highest BCUT2D eigenvalue weighted by molar-refractivity contribution is 6.30. The van der Waals surface area contributed by atoms with Crippen molar-refractivity contribution >= 4 is 29.1 Å². The molecule has 26 heavy (non-hydrogen) atoms. The van der Waals surface area contributed by atoms with Gasteiger partial charge in [-0.2, -0.15) is 0 Å². The molecule has 1 saturated heterocycles. The number of anilines is 1. The number of benzene rings is 2. The molecule has 2 aromatic carbocycles. The van der Waals surface area contributed by atoms with Crippen molar-refractivity contribution < 1.29 is 9.59 Å². The molecule has 1 heterocycles. The molecular formula is C20H22ClN3O2. The standard InChI is InChI=1S/C20H22ClN3O2/c1-15(25)22-19-7-5-17(6-8-19)20(26)24-11-9-23(10-12-24)14-16-3-2-4-18(21)13-16/h2-8,13H,9-12,14H2,1H3,(H,22,25). The van der Waals surface area contributed by atoms with Gasteiger partial charge >= 0.3 is 0 Å². The van der Waals surface area contributed by atoms with Crippen LogP contribution >= 0.6 is 11.6 Å². The second-order valence-corrected chi connectivity index (χ2v) is 6.89. The van der Waals surface area contributed by atoms with Gasteiger partial charge in [0.15, 0.2) is 0 Å². The normalized spacial score (nSPS) is 14.9. The third kappa shape index (κ3) is 4.84. The summed E-state index contributed by atoms with van der Waals surface area (Å²) in [7, 11) is 0. The van der Waals surface area contributed by atoms with Gasteiger partial charge in [0.25, 0.3) is 5.91 Å². The number of carbonyl (C=O) groups excluding carboxylic acids is 2. The van der Waals surface area contributed by atoms with Crippen molar-refractivity contribution in [2.45, 2.75) is 13.5 Å². The Hall–Kier alpha value is -2.37. The van der Waals surface area contributed by atoms with Crippen molar-refractivity contribution in [3.63, 3.8) is 0 Å². The summed E-state index contributed by atoms with van der Waals surface area (Å²) in [6, 6.07) is 14.9. The minimum absolute atomic E-state index is 0.0294. The third-order valence-electron chi connectivity index (χ3n) is 4.41. The van der Waals surface area contributed by atoms with Crippen LogP contribution in [0.1, 0.15) is 22.8 Å². The third-order valence-corrected chi connectivity index (χ3v) is 4.64. The molecule has 0 spiro atoms. The summed E-state index contributed by atoms with van der Waals surface area (Å²) in [6.07, 6.45) is 0. The van der Waals surface area contributed by atoms with E-state index in [0.717, 1.165) is 24.7 Å². The zero-order valence-corrected chi connectivity index (χ0v) is 15.5. The van der Waals surface area contributed by atoms with Crippen LogP contribution in [0, 0.1) is 0 Å². The van der Waals surface area contributed by atoms with Crippen molar-refractivity contribution in [1.29, 1.82) is 0 Å². The van der Waals surface area contributed by atoms with Gasteiger partial charge in [0.1, 0.15) is 0 Å². The quantitative estimate of drug-likeness (QED) is 0.897. The van der Waals surface area contributed by atoms with Crippen molar-refractivity contribution in [2.75, 3.05) is 31.5 Å². The van der Waals surface area contributed by atoms with Gasteiger partial charge in [0.2, 0.25) is 5.91 Å². The highest BCUT2D eigenvalue weighted by Crippen LogP contribution is 2.16. The smallest absolute Gasteiger partial charge is 0.253 e. The Morgan fingerprint density at radius 1 is 1.04 bits per heavy atom. The maximum Gasteiger partial charge on any atom is 0.253 e. The van der Waals surface area contributed by atoms with Gasteiger partial charge in [-0.15, -0.1) is 0 Å². The fourth-order valence-corrected chi connectivity index (χ4v) is 3.30. The SMILES string of the molecule is CC(=O)Nc1ccc(C(=O)N2CCN(Cc3cccc(Cl)c3)CC2)cc1. The summed E-state index contributed by atoms with van der Waals surface area (Å²) in [5.41, 5.74) is 2.52. The highest BCUT2D eigenvalue weighted by atomic mass is 35.5. The first-order valence-corrected chi connectivity index (χ1v) is 9.03. The van der Waals surface area contributed by atoms with E-state index in [1.165, 1.54) is 12.5 Å². The van der Waals surface area contributed by atoms with Gasteiger partial charge in [0, 0.05) is 55.9 Å². The Bertz CT molecular complexity index is 784. The summed E-state index contributed by atoms with van der Waals surface area (Å²) in [6.45, 7) is 5.38. The molecule has 0 saturated carbocycles. The van der Waals surface area contributed by atoms with E-state index in [9.17, 15) is 9.59 Å². The molecule has 2 aromatic rings. The van der Waals surface area contributed by atoms with E-state index in [0.29, 0.717) is 24.3 Å². The summed E-state index contributed by atoms with van der Waals surface area (Å²) < 4.78 is 0. The van der Waals surface area contributed by atoms with Crippen molar-refractivity contribution in [2.24, 2.45) is 0 Å². The highest BCUT2D eigenvalue weighted by Gasteiger charge is 2.22. The lowest BCUT2D eigenvalue weighted by Gasteiger charge is -2.34. The second kappa shape index (κ2) is 8.34. The molecule has 0 atom stereocenters. The Labute approximate surface area is 158 Å². The summed E-state index contributed by atoms with van der Waals surface area (Å²) >= 11 is 6.04. The lowest BCUT2D eigenvalue weighted by Crippen LogP contribution is -2.48. The molecular weight excluding hydrogens is 350 g/mol. The molecule has 136 valence electrons. The molecule has 1 aliphatic rings. The predicted molar refractivity (Wildman–Crippen MR) is 103 cm³/mol. The molecule has 3 rings (SSSR count). The fraction of sp³-hybridized carbons (Fsp3) is 0.300. The molecule has 1 N–H and O–H groups in total. The Morgan fingerprint density at radius 3 is 2.35 bits per heavy atom. The van der Waals surface area contributed by atoms with E-state index in [-0.39, 0.29) is 11.8 Å². The first kappa shape index (κ1) is 18.4. The van der Waals surface area contributed by atoms with Crippen LogP contribution in [0.25, 0.3) is 0 Å². The second-order valence-electron chi connectivity index (χ2n) is 6.46. The molecule has 0 aromatic heterocycles. The Balaban J connectivity index is 1.54. The number of nitrogens with zero attached hydrogens (tertiary/aromatic N) is 2. The van der Waals surface area contributed by atoms with E-state index >= 15 is 0 Å². The molecule has 0 bridgehead atoms. The minimum Gasteiger partial charge on any atom is -0.336 e. The van der Waals surface area contributed by atoms with Crippen LogP contribution in [-0.2, 0) is 11.3 Å². The first-order chi connectivity index (χ1) is 12.5. The van der Waals surface area contributed by atoms with Crippen LogP contribution in [0.5, 0.6) is 0 Å². The lowest BCUT2D eigenvalue weighted by atomic mass is 10.1. The van der Waals surface area contributed by atoms with E-state index in [1.807, 2.05) is 23.1 Å². The minimum atomic E-state index is -0.125. The van der Waals surface area contributed by atoms with Gasteiger partial charge < -0.3 is 10.2 Å².